The Hall–Kier alpha value is -2.61. The van der Waals surface area contributed by atoms with E-state index in [1.54, 1.807) is 20.8 Å². The van der Waals surface area contributed by atoms with Crippen molar-refractivity contribution in [1.29, 1.82) is 0 Å². The normalized spacial score (nSPS) is 12.0. The smallest absolute Gasteiger partial charge is 0.408 e. The van der Waals surface area contributed by atoms with Gasteiger partial charge in [-0.15, -0.1) is 0 Å². The Morgan fingerprint density at radius 1 is 1.17 bits per heavy atom. The maximum atomic E-state index is 12.3. The summed E-state index contributed by atoms with van der Waals surface area (Å²) in [5.74, 6) is 3.92. The number of hydrogen-bond acceptors (Lipinski definition) is 5. The number of ether oxygens (including phenoxy) is 1. The van der Waals surface area contributed by atoms with Crippen molar-refractivity contribution in [1.82, 2.24) is 16.1 Å². The van der Waals surface area contributed by atoms with Crippen LogP contribution in [0.25, 0.3) is 0 Å². The molecule has 1 atom stereocenters. The molecule has 0 spiro atoms. The lowest BCUT2D eigenvalue weighted by Gasteiger charge is -2.23. The zero-order valence-electron chi connectivity index (χ0n) is 14.1. The van der Waals surface area contributed by atoms with E-state index < -0.39 is 29.6 Å². The van der Waals surface area contributed by atoms with Gasteiger partial charge in [0.25, 0.3) is 5.91 Å². The molecule has 0 fully saturated rings. The Balaban J connectivity index is 2.76. The van der Waals surface area contributed by atoms with Gasteiger partial charge in [0.2, 0.25) is 5.91 Å². The highest BCUT2D eigenvalue weighted by Crippen LogP contribution is 2.08. The monoisotopic (exact) mass is 336 g/mol. The van der Waals surface area contributed by atoms with Crippen molar-refractivity contribution in [3.63, 3.8) is 0 Å². The van der Waals surface area contributed by atoms with E-state index in [0.717, 1.165) is 5.56 Å². The van der Waals surface area contributed by atoms with Gasteiger partial charge < -0.3 is 15.4 Å². The van der Waals surface area contributed by atoms with Gasteiger partial charge in [-0.05, 0) is 26.3 Å². The minimum atomic E-state index is -0.882. The molecule has 0 aliphatic rings. The number of carbonyl (C=O) groups excluding carboxylic acids is 3. The van der Waals surface area contributed by atoms with Crippen molar-refractivity contribution >= 4 is 17.9 Å². The molecule has 0 saturated heterocycles. The molecule has 8 nitrogen and oxygen atoms in total. The summed E-state index contributed by atoms with van der Waals surface area (Å²) in [5.41, 5.74) is 2.09. The highest BCUT2D eigenvalue weighted by atomic mass is 16.6. The molecule has 132 valence electrons. The molecule has 0 unspecified atom stereocenters. The molecule has 3 amide bonds. The van der Waals surface area contributed by atoms with Crippen LogP contribution < -0.4 is 21.9 Å². The Bertz CT molecular complexity index is 569. The number of benzene rings is 1. The van der Waals surface area contributed by atoms with Crippen molar-refractivity contribution in [2.24, 2.45) is 5.84 Å². The molecule has 0 heterocycles. The zero-order valence-corrected chi connectivity index (χ0v) is 14.1. The van der Waals surface area contributed by atoms with Crippen molar-refractivity contribution in [3.8, 4) is 0 Å². The number of alkyl carbamates (subject to hydrolysis) is 1. The van der Waals surface area contributed by atoms with Crippen LogP contribution in [-0.4, -0.2) is 36.1 Å². The molecule has 1 aromatic carbocycles. The Morgan fingerprint density at radius 3 is 2.33 bits per heavy atom. The molecule has 0 saturated carbocycles. The van der Waals surface area contributed by atoms with Crippen molar-refractivity contribution in [2.45, 2.75) is 38.8 Å². The molecule has 1 rings (SSSR count). The van der Waals surface area contributed by atoms with Gasteiger partial charge in [0.05, 0.1) is 6.54 Å². The second kappa shape index (κ2) is 8.88. The first-order valence-corrected chi connectivity index (χ1v) is 7.52. The molecule has 0 radical (unpaired) electrons. The van der Waals surface area contributed by atoms with Crippen LogP contribution in [0.15, 0.2) is 30.3 Å². The largest absolute Gasteiger partial charge is 0.444 e. The summed E-state index contributed by atoms with van der Waals surface area (Å²) >= 11 is 0. The SMILES string of the molecule is CC(C)(C)OC(=O)N[C@@H](Cc1ccccc1)C(=O)NCC(=O)NN. The van der Waals surface area contributed by atoms with Gasteiger partial charge in [0, 0.05) is 6.42 Å². The average molecular weight is 336 g/mol. The van der Waals surface area contributed by atoms with Crippen molar-refractivity contribution in [3.05, 3.63) is 35.9 Å². The van der Waals surface area contributed by atoms with Crippen LogP contribution in [0, 0.1) is 0 Å². The third-order valence-corrected chi connectivity index (χ3v) is 2.87. The molecular weight excluding hydrogens is 312 g/mol. The lowest BCUT2D eigenvalue weighted by atomic mass is 10.1. The van der Waals surface area contributed by atoms with Gasteiger partial charge >= 0.3 is 6.09 Å². The fraction of sp³-hybridized carbons (Fsp3) is 0.438. The lowest BCUT2D eigenvalue weighted by molar-refractivity contribution is -0.127. The van der Waals surface area contributed by atoms with Crippen molar-refractivity contribution < 1.29 is 19.1 Å². The summed E-state index contributed by atoms with van der Waals surface area (Å²) in [6, 6.07) is 8.31. The Morgan fingerprint density at radius 2 is 1.79 bits per heavy atom. The summed E-state index contributed by atoms with van der Waals surface area (Å²) in [7, 11) is 0. The van der Waals surface area contributed by atoms with E-state index in [0.29, 0.717) is 0 Å². The van der Waals surface area contributed by atoms with E-state index in [1.807, 2.05) is 35.8 Å². The predicted octanol–water partition coefficient (Wildman–Crippen LogP) is 0.229. The molecule has 0 aromatic heterocycles. The Kier molecular flexibility index (Phi) is 7.19. The van der Waals surface area contributed by atoms with Gasteiger partial charge in [-0.1, -0.05) is 30.3 Å². The van der Waals surface area contributed by atoms with E-state index in [4.69, 9.17) is 10.6 Å². The van der Waals surface area contributed by atoms with Crippen LogP contribution in [0.3, 0.4) is 0 Å². The number of rotatable bonds is 6. The third kappa shape index (κ3) is 7.59. The molecule has 8 heteroatoms. The van der Waals surface area contributed by atoms with Crippen LogP contribution >= 0.6 is 0 Å². The molecule has 0 aliphatic heterocycles. The fourth-order valence-electron chi connectivity index (χ4n) is 1.85. The molecule has 24 heavy (non-hydrogen) atoms. The summed E-state index contributed by atoms with van der Waals surface area (Å²) in [6.45, 7) is 4.90. The second-order valence-electron chi connectivity index (χ2n) is 6.17. The standard InChI is InChI=1S/C16H24N4O4/c1-16(2,3)24-15(23)19-12(9-11-7-5-4-6-8-11)14(22)18-10-13(21)20-17/h4-8,12H,9-10,17H2,1-3H3,(H,18,22)(H,19,23)(H,20,21)/t12-/m0/s1. The summed E-state index contributed by atoms with van der Waals surface area (Å²) in [4.78, 5) is 35.4. The van der Waals surface area contributed by atoms with Gasteiger partial charge in [-0.2, -0.15) is 0 Å². The lowest BCUT2D eigenvalue weighted by Crippen LogP contribution is -2.51. The van der Waals surface area contributed by atoms with E-state index in [2.05, 4.69) is 10.6 Å². The highest BCUT2D eigenvalue weighted by Gasteiger charge is 2.24. The van der Waals surface area contributed by atoms with E-state index >= 15 is 0 Å². The first-order valence-electron chi connectivity index (χ1n) is 7.52. The van der Waals surface area contributed by atoms with Crippen LogP contribution in [-0.2, 0) is 20.7 Å². The number of carbonyl (C=O) groups is 3. The highest BCUT2D eigenvalue weighted by molar-refractivity contribution is 5.89. The number of hydrazine groups is 1. The van der Waals surface area contributed by atoms with Crippen LogP contribution in [0.5, 0.6) is 0 Å². The zero-order chi connectivity index (χ0) is 18.2. The third-order valence-electron chi connectivity index (χ3n) is 2.87. The molecule has 1 aromatic rings. The van der Waals surface area contributed by atoms with Crippen LogP contribution in [0.4, 0.5) is 4.79 Å². The average Bonchev–Trinajstić information content (AvgIpc) is 2.50. The quantitative estimate of drug-likeness (QED) is 0.336. The minimum absolute atomic E-state index is 0.260. The van der Waals surface area contributed by atoms with E-state index in [1.165, 1.54) is 0 Å². The van der Waals surface area contributed by atoms with Gasteiger partial charge in [0.15, 0.2) is 0 Å². The Labute approximate surface area is 141 Å². The number of hydrogen-bond donors (Lipinski definition) is 4. The summed E-state index contributed by atoms with van der Waals surface area (Å²) in [6.07, 6.45) is -0.447. The van der Waals surface area contributed by atoms with E-state index in [-0.39, 0.29) is 13.0 Å². The van der Waals surface area contributed by atoms with Gasteiger partial charge in [-0.25, -0.2) is 10.6 Å². The maximum absolute atomic E-state index is 12.3. The number of amides is 3. The first kappa shape index (κ1) is 19.4. The predicted molar refractivity (Wildman–Crippen MR) is 88.6 cm³/mol. The molecular formula is C16H24N4O4. The van der Waals surface area contributed by atoms with Crippen LogP contribution in [0.1, 0.15) is 26.3 Å². The summed E-state index contributed by atoms with van der Waals surface area (Å²) < 4.78 is 5.17. The van der Waals surface area contributed by atoms with E-state index in [9.17, 15) is 14.4 Å². The van der Waals surface area contributed by atoms with Crippen molar-refractivity contribution in [2.75, 3.05) is 6.54 Å². The molecule has 0 aliphatic carbocycles. The maximum Gasteiger partial charge on any atom is 0.408 e. The van der Waals surface area contributed by atoms with Crippen LogP contribution in [0.2, 0.25) is 0 Å². The molecule has 5 N–H and O–H groups in total. The number of nitrogens with two attached hydrogens (primary N) is 1. The first-order chi connectivity index (χ1) is 11.2. The minimum Gasteiger partial charge on any atom is -0.444 e. The number of nitrogens with one attached hydrogen (secondary N) is 3. The fourth-order valence-corrected chi connectivity index (χ4v) is 1.85. The topological polar surface area (TPSA) is 123 Å². The second-order valence-corrected chi connectivity index (χ2v) is 6.17. The van der Waals surface area contributed by atoms with Gasteiger partial charge in [0.1, 0.15) is 11.6 Å². The summed E-state index contributed by atoms with van der Waals surface area (Å²) in [5, 5.41) is 4.95. The van der Waals surface area contributed by atoms with Gasteiger partial charge in [-0.3, -0.25) is 15.0 Å². The molecule has 0 bridgehead atoms.